The van der Waals surface area contributed by atoms with Crippen LogP contribution in [0.15, 0.2) is 29.4 Å². The molecule has 0 aliphatic rings. The lowest BCUT2D eigenvalue weighted by Crippen LogP contribution is -2.24. The SMILES string of the molecule is O=C(O)C(=NO)C(=O)c1ccccc1F. The van der Waals surface area contributed by atoms with Gasteiger partial charge in [0.25, 0.3) is 0 Å². The number of hydrogen-bond acceptors (Lipinski definition) is 4. The average molecular weight is 211 g/mol. The van der Waals surface area contributed by atoms with Gasteiger partial charge >= 0.3 is 5.97 Å². The van der Waals surface area contributed by atoms with Crippen LogP contribution in [0.2, 0.25) is 0 Å². The van der Waals surface area contributed by atoms with E-state index in [0.29, 0.717) is 0 Å². The molecule has 0 saturated heterocycles. The molecule has 5 nitrogen and oxygen atoms in total. The third kappa shape index (κ3) is 2.16. The van der Waals surface area contributed by atoms with E-state index in [1.165, 1.54) is 12.1 Å². The van der Waals surface area contributed by atoms with Crippen molar-refractivity contribution < 1.29 is 24.3 Å². The molecule has 0 saturated carbocycles. The molecule has 0 fully saturated rings. The van der Waals surface area contributed by atoms with Crippen molar-refractivity contribution in [2.24, 2.45) is 5.16 Å². The van der Waals surface area contributed by atoms with Crippen molar-refractivity contribution in [3.8, 4) is 0 Å². The zero-order valence-corrected chi connectivity index (χ0v) is 7.35. The van der Waals surface area contributed by atoms with Crippen LogP contribution in [-0.2, 0) is 4.79 Å². The highest BCUT2D eigenvalue weighted by Crippen LogP contribution is 2.08. The quantitative estimate of drug-likeness (QED) is 0.256. The zero-order chi connectivity index (χ0) is 11.4. The van der Waals surface area contributed by atoms with E-state index >= 15 is 0 Å². The minimum absolute atomic E-state index is 0.451. The van der Waals surface area contributed by atoms with Crippen LogP contribution in [0.25, 0.3) is 0 Å². The summed E-state index contributed by atoms with van der Waals surface area (Å²) in [5.74, 6) is -3.77. The van der Waals surface area contributed by atoms with Crippen molar-refractivity contribution in [2.45, 2.75) is 0 Å². The fourth-order valence-electron chi connectivity index (χ4n) is 0.958. The lowest BCUT2D eigenvalue weighted by Gasteiger charge is -1.99. The summed E-state index contributed by atoms with van der Waals surface area (Å²) in [5.41, 5.74) is -1.58. The molecule has 0 radical (unpaired) electrons. The molecule has 0 atom stereocenters. The van der Waals surface area contributed by atoms with Gasteiger partial charge in [-0.25, -0.2) is 9.18 Å². The minimum Gasteiger partial charge on any atom is -0.476 e. The number of carbonyl (C=O) groups is 2. The Balaban J connectivity index is 3.16. The van der Waals surface area contributed by atoms with E-state index in [4.69, 9.17) is 10.3 Å². The first-order valence-corrected chi connectivity index (χ1v) is 3.82. The third-order valence-corrected chi connectivity index (χ3v) is 1.64. The van der Waals surface area contributed by atoms with Gasteiger partial charge in [-0.3, -0.25) is 4.79 Å². The molecule has 0 unspecified atom stereocenters. The van der Waals surface area contributed by atoms with E-state index in [9.17, 15) is 14.0 Å². The predicted octanol–water partition coefficient (Wildman–Crippen LogP) is 0.923. The monoisotopic (exact) mass is 211 g/mol. The Labute approximate surface area is 83.5 Å². The average Bonchev–Trinajstić information content (AvgIpc) is 2.18. The van der Waals surface area contributed by atoms with Gasteiger partial charge in [-0.15, -0.1) is 0 Å². The van der Waals surface area contributed by atoms with Gasteiger partial charge in [0.05, 0.1) is 5.56 Å². The summed E-state index contributed by atoms with van der Waals surface area (Å²) < 4.78 is 13.0. The van der Waals surface area contributed by atoms with Crippen molar-refractivity contribution in [3.63, 3.8) is 0 Å². The second-order valence-electron chi connectivity index (χ2n) is 2.56. The summed E-state index contributed by atoms with van der Waals surface area (Å²) in [5, 5.41) is 19.1. The van der Waals surface area contributed by atoms with E-state index in [1.54, 1.807) is 0 Å². The van der Waals surface area contributed by atoms with Crippen LogP contribution in [-0.4, -0.2) is 27.8 Å². The Hall–Kier alpha value is -2.24. The molecule has 15 heavy (non-hydrogen) atoms. The van der Waals surface area contributed by atoms with E-state index < -0.39 is 28.8 Å². The summed E-state index contributed by atoms with van der Waals surface area (Å²) in [6.45, 7) is 0. The summed E-state index contributed by atoms with van der Waals surface area (Å²) in [4.78, 5) is 21.7. The van der Waals surface area contributed by atoms with Crippen molar-refractivity contribution in [2.75, 3.05) is 0 Å². The molecule has 0 aliphatic carbocycles. The second-order valence-corrected chi connectivity index (χ2v) is 2.56. The number of ketones is 1. The summed E-state index contributed by atoms with van der Waals surface area (Å²) in [6, 6.07) is 4.83. The van der Waals surface area contributed by atoms with Crippen LogP contribution in [0.1, 0.15) is 10.4 Å². The van der Waals surface area contributed by atoms with E-state index in [-0.39, 0.29) is 0 Å². The molecular weight excluding hydrogens is 205 g/mol. The number of carbonyl (C=O) groups excluding carboxylic acids is 1. The van der Waals surface area contributed by atoms with Gasteiger partial charge in [0.1, 0.15) is 5.82 Å². The zero-order valence-electron chi connectivity index (χ0n) is 7.35. The largest absolute Gasteiger partial charge is 0.476 e. The molecule has 0 heterocycles. The number of hydrogen-bond donors (Lipinski definition) is 2. The highest BCUT2D eigenvalue weighted by Gasteiger charge is 2.24. The number of carboxylic acids is 1. The van der Waals surface area contributed by atoms with E-state index in [1.807, 2.05) is 0 Å². The number of carboxylic acid groups (broad SMARTS) is 1. The van der Waals surface area contributed by atoms with Crippen LogP contribution in [0.4, 0.5) is 4.39 Å². The summed E-state index contributed by atoms with van der Waals surface area (Å²) in [7, 11) is 0. The van der Waals surface area contributed by atoms with Gasteiger partial charge in [-0.1, -0.05) is 17.3 Å². The number of nitrogens with zero attached hydrogens (tertiary/aromatic N) is 1. The fourth-order valence-corrected chi connectivity index (χ4v) is 0.958. The van der Waals surface area contributed by atoms with Gasteiger partial charge in [0, 0.05) is 0 Å². The van der Waals surface area contributed by atoms with Gasteiger partial charge in [-0.05, 0) is 12.1 Å². The molecule has 0 aliphatic heterocycles. The van der Waals surface area contributed by atoms with E-state index in [0.717, 1.165) is 12.1 Å². The maximum Gasteiger partial charge on any atom is 0.362 e. The standard InChI is InChI=1S/C9H6FNO4/c10-6-4-2-1-3-5(6)8(12)7(11-15)9(13)14/h1-4,15H,(H,13,14). The van der Waals surface area contributed by atoms with E-state index in [2.05, 4.69) is 5.16 Å². The normalized spacial score (nSPS) is 11.1. The Bertz CT molecular complexity index is 441. The predicted molar refractivity (Wildman–Crippen MR) is 47.6 cm³/mol. The second kappa shape index (κ2) is 4.32. The Morgan fingerprint density at radius 3 is 2.33 bits per heavy atom. The molecule has 0 amide bonds. The molecule has 1 aromatic rings. The number of aliphatic carboxylic acids is 1. The maximum atomic E-state index is 13.0. The third-order valence-electron chi connectivity index (χ3n) is 1.64. The van der Waals surface area contributed by atoms with Gasteiger partial charge in [0.2, 0.25) is 11.5 Å². The number of benzene rings is 1. The van der Waals surface area contributed by atoms with Crippen molar-refractivity contribution in [1.82, 2.24) is 0 Å². The summed E-state index contributed by atoms with van der Waals surface area (Å²) >= 11 is 0. The first-order chi connectivity index (χ1) is 7.07. The molecule has 0 spiro atoms. The van der Waals surface area contributed by atoms with Crippen molar-refractivity contribution in [1.29, 1.82) is 0 Å². The smallest absolute Gasteiger partial charge is 0.362 e. The van der Waals surface area contributed by atoms with Crippen LogP contribution in [0, 0.1) is 5.82 Å². The van der Waals surface area contributed by atoms with Crippen LogP contribution in [0.3, 0.4) is 0 Å². The Morgan fingerprint density at radius 2 is 1.87 bits per heavy atom. The molecule has 1 aromatic carbocycles. The Kier molecular flexibility index (Phi) is 3.12. The van der Waals surface area contributed by atoms with Gasteiger partial charge < -0.3 is 10.3 Å². The Morgan fingerprint density at radius 1 is 1.27 bits per heavy atom. The molecule has 0 bridgehead atoms. The minimum atomic E-state index is -1.72. The van der Waals surface area contributed by atoms with Gasteiger partial charge in [0.15, 0.2) is 0 Å². The van der Waals surface area contributed by atoms with Crippen molar-refractivity contribution >= 4 is 17.5 Å². The molecular formula is C9H6FNO4. The summed E-state index contributed by atoms with van der Waals surface area (Å²) in [6.07, 6.45) is 0. The lowest BCUT2D eigenvalue weighted by atomic mass is 10.1. The molecule has 6 heteroatoms. The molecule has 2 N–H and O–H groups in total. The van der Waals surface area contributed by atoms with Crippen LogP contribution < -0.4 is 0 Å². The highest BCUT2D eigenvalue weighted by atomic mass is 19.1. The molecule has 78 valence electrons. The molecule has 1 rings (SSSR count). The first kappa shape index (κ1) is 10.8. The fraction of sp³-hybridized carbons (Fsp3) is 0. The number of rotatable bonds is 3. The number of halogens is 1. The first-order valence-electron chi connectivity index (χ1n) is 3.82. The van der Waals surface area contributed by atoms with Crippen LogP contribution >= 0.6 is 0 Å². The molecule has 0 aromatic heterocycles. The lowest BCUT2D eigenvalue weighted by molar-refractivity contribution is -0.129. The maximum absolute atomic E-state index is 13.0. The highest BCUT2D eigenvalue weighted by molar-refractivity contribution is 6.67. The van der Waals surface area contributed by atoms with Gasteiger partial charge in [-0.2, -0.15) is 0 Å². The number of Topliss-reactive ketones (excluding diaryl/α,β-unsaturated/α-hetero) is 1. The van der Waals surface area contributed by atoms with Crippen LogP contribution in [0.5, 0.6) is 0 Å². The topological polar surface area (TPSA) is 87.0 Å². The van der Waals surface area contributed by atoms with Crippen molar-refractivity contribution in [3.05, 3.63) is 35.6 Å². The number of oxime groups is 1.